The molecule has 1 amide bonds. The molecule has 2 heterocycles. The lowest BCUT2D eigenvalue weighted by Gasteiger charge is -2.14. The minimum atomic E-state index is -0.347. The maximum Gasteiger partial charge on any atom is 0.224 e. The summed E-state index contributed by atoms with van der Waals surface area (Å²) in [5.74, 6) is 0.0713. The molecule has 0 radical (unpaired) electrons. The molecule has 1 aliphatic rings. The number of carbonyl (C=O) groups excluding carboxylic acids is 1. The van der Waals surface area contributed by atoms with Crippen LogP contribution in [-0.2, 0) is 11.3 Å². The number of aliphatic hydroxyl groups excluding tert-OH is 1. The molecule has 2 rings (SSSR count). The second-order valence-electron chi connectivity index (χ2n) is 3.69. The highest BCUT2D eigenvalue weighted by Gasteiger charge is 2.23. The number of aromatic nitrogens is 3. The Labute approximate surface area is 87.5 Å². The molecule has 1 aromatic rings. The van der Waals surface area contributed by atoms with Crippen molar-refractivity contribution in [3.05, 3.63) is 12.7 Å². The van der Waals surface area contributed by atoms with Gasteiger partial charge in [-0.2, -0.15) is 5.10 Å². The monoisotopic (exact) mass is 210 g/mol. The highest BCUT2D eigenvalue weighted by Crippen LogP contribution is 2.10. The molecule has 1 saturated heterocycles. The molecule has 1 fully saturated rings. The average molecular weight is 210 g/mol. The third kappa shape index (κ3) is 2.53. The first kappa shape index (κ1) is 10.1. The number of hydrogen-bond acceptors (Lipinski definition) is 4. The standard InChI is InChI=1S/C9H14N4O2/c14-8-1-3-12(5-8)9(15)2-4-13-7-10-6-11-13/h6-8,14H,1-5H2. The van der Waals surface area contributed by atoms with E-state index in [2.05, 4.69) is 10.1 Å². The van der Waals surface area contributed by atoms with Gasteiger partial charge in [-0.05, 0) is 6.42 Å². The predicted molar refractivity (Wildman–Crippen MR) is 51.8 cm³/mol. The van der Waals surface area contributed by atoms with Crippen LogP contribution < -0.4 is 0 Å². The number of rotatable bonds is 3. The molecule has 15 heavy (non-hydrogen) atoms. The van der Waals surface area contributed by atoms with Crippen LogP contribution in [0.25, 0.3) is 0 Å². The van der Waals surface area contributed by atoms with Crippen LogP contribution in [0.2, 0.25) is 0 Å². The van der Waals surface area contributed by atoms with Crippen molar-refractivity contribution in [3.8, 4) is 0 Å². The van der Waals surface area contributed by atoms with E-state index in [1.807, 2.05) is 0 Å². The van der Waals surface area contributed by atoms with Crippen molar-refractivity contribution in [2.45, 2.75) is 25.5 Å². The smallest absolute Gasteiger partial charge is 0.224 e. The molecule has 0 aromatic carbocycles. The first-order valence-corrected chi connectivity index (χ1v) is 5.04. The number of β-amino-alcohol motifs (C(OH)–C–C–N with tert-alkyl or cyclic N) is 1. The Morgan fingerprint density at radius 2 is 2.47 bits per heavy atom. The van der Waals surface area contributed by atoms with Crippen LogP contribution in [0, 0.1) is 0 Å². The van der Waals surface area contributed by atoms with Crippen molar-refractivity contribution >= 4 is 5.91 Å². The van der Waals surface area contributed by atoms with Crippen LogP contribution in [-0.4, -0.2) is 49.9 Å². The average Bonchev–Trinajstić information content (AvgIpc) is 2.84. The lowest BCUT2D eigenvalue weighted by Crippen LogP contribution is -2.30. The Hall–Kier alpha value is -1.43. The third-order valence-electron chi connectivity index (χ3n) is 2.54. The van der Waals surface area contributed by atoms with Gasteiger partial charge in [0.2, 0.25) is 5.91 Å². The Morgan fingerprint density at radius 3 is 3.07 bits per heavy atom. The number of aryl methyl sites for hydroxylation is 1. The lowest BCUT2D eigenvalue weighted by atomic mass is 10.3. The normalized spacial score (nSPS) is 20.9. The van der Waals surface area contributed by atoms with Gasteiger partial charge >= 0.3 is 0 Å². The topological polar surface area (TPSA) is 71.2 Å². The Balaban J connectivity index is 1.78. The second-order valence-corrected chi connectivity index (χ2v) is 3.69. The van der Waals surface area contributed by atoms with Gasteiger partial charge in [0.05, 0.1) is 12.6 Å². The maximum absolute atomic E-state index is 11.6. The van der Waals surface area contributed by atoms with Crippen molar-refractivity contribution in [1.82, 2.24) is 19.7 Å². The van der Waals surface area contributed by atoms with Crippen molar-refractivity contribution < 1.29 is 9.90 Å². The highest BCUT2D eigenvalue weighted by molar-refractivity contribution is 5.76. The molecule has 0 aliphatic carbocycles. The Kier molecular flexibility index (Phi) is 2.96. The van der Waals surface area contributed by atoms with Gasteiger partial charge in [0, 0.05) is 19.5 Å². The molecule has 82 valence electrons. The van der Waals surface area contributed by atoms with Crippen LogP contribution in [0.1, 0.15) is 12.8 Å². The van der Waals surface area contributed by atoms with Crippen molar-refractivity contribution in [2.75, 3.05) is 13.1 Å². The zero-order valence-electron chi connectivity index (χ0n) is 8.41. The van der Waals surface area contributed by atoms with E-state index in [0.717, 1.165) is 0 Å². The van der Waals surface area contributed by atoms with Crippen LogP contribution in [0.15, 0.2) is 12.7 Å². The van der Waals surface area contributed by atoms with Crippen molar-refractivity contribution in [3.63, 3.8) is 0 Å². The maximum atomic E-state index is 11.6. The van der Waals surface area contributed by atoms with E-state index in [-0.39, 0.29) is 12.0 Å². The summed E-state index contributed by atoms with van der Waals surface area (Å²) in [5.41, 5.74) is 0. The zero-order valence-corrected chi connectivity index (χ0v) is 8.41. The summed E-state index contributed by atoms with van der Waals surface area (Å²) in [6, 6.07) is 0. The van der Waals surface area contributed by atoms with Crippen LogP contribution in [0.5, 0.6) is 0 Å². The van der Waals surface area contributed by atoms with Gasteiger partial charge in [-0.1, -0.05) is 0 Å². The van der Waals surface area contributed by atoms with Crippen LogP contribution in [0.3, 0.4) is 0 Å². The summed E-state index contributed by atoms with van der Waals surface area (Å²) in [6.07, 6.45) is 3.79. The van der Waals surface area contributed by atoms with E-state index < -0.39 is 0 Å². The van der Waals surface area contributed by atoms with E-state index in [9.17, 15) is 9.90 Å². The third-order valence-corrected chi connectivity index (χ3v) is 2.54. The van der Waals surface area contributed by atoms with E-state index in [1.165, 1.54) is 6.33 Å². The molecule has 1 aliphatic heterocycles. The quantitative estimate of drug-likeness (QED) is 0.713. The molecule has 6 heteroatoms. The predicted octanol–water partition coefficient (Wildman–Crippen LogP) is -0.739. The van der Waals surface area contributed by atoms with E-state index >= 15 is 0 Å². The summed E-state index contributed by atoms with van der Waals surface area (Å²) >= 11 is 0. The van der Waals surface area contributed by atoms with Gasteiger partial charge in [0.25, 0.3) is 0 Å². The fourth-order valence-corrected chi connectivity index (χ4v) is 1.68. The lowest BCUT2D eigenvalue weighted by molar-refractivity contribution is -0.130. The fraction of sp³-hybridized carbons (Fsp3) is 0.667. The van der Waals surface area contributed by atoms with E-state index in [0.29, 0.717) is 32.5 Å². The largest absolute Gasteiger partial charge is 0.391 e. The summed E-state index contributed by atoms with van der Waals surface area (Å²) < 4.78 is 1.63. The summed E-state index contributed by atoms with van der Waals surface area (Å²) in [4.78, 5) is 17.1. The summed E-state index contributed by atoms with van der Waals surface area (Å²) in [6.45, 7) is 1.68. The van der Waals surface area contributed by atoms with Gasteiger partial charge in [-0.3, -0.25) is 9.48 Å². The Bertz CT molecular complexity index is 325. The molecule has 1 N–H and O–H groups in total. The highest BCUT2D eigenvalue weighted by atomic mass is 16.3. The molecule has 0 spiro atoms. The van der Waals surface area contributed by atoms with Crippen LogP contribution >= 0.6 is 0 Å². The van der Waals surface area contributed by atoms with Gasteiger partial charge in [0.1, 0.15) is 12.7 Å². The van der Waals surface area contributed by atoms with Gasteiger partial charge < -0.3 is 10.0 Å². The van der Waals surface area contributed by atoms with Gasteiger partial charge in [-0.15, -0.1) is 0 Å². The number of likely N-dealkylation sites (tertiary alicyclic amines) is 1. The number of amides is 1. The minimum absolute atomic E-state index is 0.0713. The summed E-state index contributed by atoms with van der Waals surface area (Å²) in [5, 5.41) is 13.2. The van der Waals surface area contributed by atoms with Crippen LogP contribution in [0.4, 0.5) is 0 Å². The Morgan fingerprint density at radius 1 is 1.60 bits per heavy atom. The first-order valence-electron chi connectivity index (χ1n) is 5.04. The SMILES string of the molecule is O=C(CCn1cncn1)N1CCC(O)C1. The van der Waals surface area contributed by atoms with Gasteiger partial charge in [-0.25, -0.2) is 4.98 Å². The first-order chi connectivity index (χ1) is 7.25. The molecule has 1 atom stereocenters. The molecule has 1 aromatic heterocycles. The zero-order chi connectivity index (χ0) is 10.7. The molecule has 6 nitrogen and oxygen atoms in total. The number of carbonyl (C=O) groups is 1. The van der Waals surface area contributed by atoms with E-state index in [4.69, 9.17) is 0 Å². The molecule has 1 unspecified atom stereocenters. The summed E-state index contributed by atoms with van der Waals surface area (Å²) in [7, 11) is 0. The van der Waals surface area contributed by atoms with Crippen molar-refractivity contribution in [2.24, 2.45) is 0 Å². The van der Waals surface area contributed by atoms with Gasteiger partial charge in [0.15, 0.2) is 0 Å². The number of hydrogen-bond donors (Lipinski definition) is 1. The number of nitrogens with zero attached hydrogens (tertiary/aromatic N) is 4. The second kappa shape index (κ2) is 4.39. The molecule has 0 bridgehead atoms. The molecular formula is C9H14N4O2. The van der Waals surface area contributed by atoms with Crippen molar-refractivity contribution in [1.29, 1.82) is 0 Å². The molecular weight excluding hydrogens is 196 g/mol. The molecule has 0 saturated carbocycles. The van der Waals surface area contributed by atoms with E-state index in [1.54, 1.807) is 15.9 Å². The fourth-order valence-electron chi connectivity index (χ4n) is 1.68. The minimum Gasteiger partial charge on any atom is -0.391 e. The number of aliphatic hydroxyl groups is 1.